The molecule has 0 aliphatic carbocycles. The fraction of sp³-hybridized carbons (Fsp3) is 0.0833. The van der Waals surface area contributed by atoms with Crippen molar-refractivity contribution >= 4 is 40.6 Å². The van der Waals surface area contributed by atoms with Crippen molar-refractivity contribution in [1.82, 2.24) is 10.3 Å². The molecule has 3 N–H and O–H groups in total. The van der Waals surface area contributed by atoms with Gasteiger partial charge in [0.1, 0.15) is 0 Å². The second kappa shape index (κ2) is 6.36. The number of aromatic carboxylic acids is 1. The van der Waals surface area contributed by atoms with Crippen LogP contribution in [0.3, 0.4) is 0 Å². The summed E-state index contributed by atoms with van der Waals surface area (Å²) >= 11 is 7.25. The number of urea groups is 1. The Morgan fingerprint density at radius 2 is 2.20 bits per heavy atom. The summed E-state index contributed by atoms with van der Waals surface area (Å²) in [6.07, 6.45) is 1.67. The molecule has 0 spiro atoms. The first kappa shape index (κ1) is 14.3. The van der Waals surface area contributed by atoms with Crippen LogP contribution in [-0.4, -0.2) is 22.1 Å². The number of carboxylic acid groups (broad SMARTS) is 1. The summed E-state index contributed by atoms with van der Waals surface area (Å²) in [7, 11) is 0. The van der Waals surface area contributed by atoms with Gasteiger partial charge in [-0.05, 0) is 18.2 Å². The minimum absolute atomic E-state index is 0.0118. The number of benzene rings is 1. The summed E-state index contributed by atoms with van der Waals surface area (Å²) in [5.41, 5.74) is 2.09. The van der Waals surface area contributed by atoms with Crippen molar-refractivity contribution in [2.24, 2.45) is 0 Å². The van der Waals surface area contributed by atoms with Crippen molar-refractivity contribution in [3.8, 4) is 0 Å². The Hall–Kier alpha value is -2.12. The van der Waals surface area contributed by atoms with Crippen LogP contribution in [0.1, 0.15) is 15.2 Å². The van der Waals surface area contributed by atoms with Gasteiger partial charge in [0.2, 0.25) is 0 Å². The van der Waals surface area contributed by atoms with E-state index >= 15 is 0 Å². The number of nitrogens with zero attached hydrogens (tertiary/aromatic N) is 1. The van der Waals surface area contributed by atoms with Gasteiger partial charge in [-0.25, -0.2) is 9.59 Å². The quantitative estimate of drug-likeness (QED) is 0.809. The van der Waals surface area contributed by atoms with E-state index in [4.69, 9.17) is 16.7 Å². The van der Waals surface area contributed by atoms with Gasteiger partial charge in [0.05, 0.1) is 22.6 Å². The summed E-state index contributed by atoms with van der Waals surface area (Å²) in [5, 5.41) is 14.1. The van der Waals surface area contributed by atoms with E-state index in [9.17, 15) is 9.59 Å². The van der Waals surface area contributed by atoms with E-state index in [1.165, 1.54) is 29.5 Å². The lowest BCUT2D eigenvalue weighted by atomic mass is 10.2. The van der Waals surface area contributed by atoms with E-state index in [0.29, 0.717) is 12.2 Å². The molecular formula is C12H10ClN3O3S. The molecule has 0 aliphatic heterocycles. The maximum absolute atomic E-state index is 11.6. The molecule has 2 rings (SSSR count). The van der Waals surface area contributed by atoms with Crippen molar-refractivity contribution in [2.45, 2.75) is 6.54 Å². The molecule has 1 aromatic carbocycles. The molecule has 104 valence electrons. The lowest BCUT2D eigenvalue weighted by Gasteiger charge is -2.08. The molecule has 8 heteroatoms. The molecule has 2 aromatic rings. The van der Waals surface area contributed by atoms with E-state index in [-0.39, 0.29) is 10.6 Å². The van der Waals surface area contributed by atoms with Crippen LogP contribution in [0.2, 0.25) is 5.02 Å². The summed E-state index contributed by atoms with van der Waals surface area (Å²) in [5.74, 6) is -1.11. The number of thiazole rings is 1. The Bertz CT molecular complexity index is 631. The molecule has 0 saturated carbocycles. The third kappa shape index (κ3) is 3.69. The van der Waals surface area contributed by atoms with E-state index < -0.39 is 12.0 Å². The average molecular weight is 312 g/mol. The Labute approximate surface area is 123 Å². The van der Waals surface area contributed by atoms with Gasteiger partial charge in [-0.15, -0.1) is 11.3 Å². The van der Waals surface area contributed by atoms with Crippen LogP contribution >= 0.6 is 22.9 Å². The van der Waals surface area contributed by atoms with Gasteiger partial charge >= 0.3 is 12.0 Å². The van der Waals surface area contributed by atoms with E-state index in [1.54, 1.807) is 11.7 Å². The molecule has 0 aliphatic rings. The highest BCUT2D eigenvalue weighted by molar-refractivity contribution is 7.09. The molecule has 0 atom stereocenters. The highest BCUT2D eigenvalue weighted by atomic mass is 35.5. The zero-order valence-corrected chi connectivity index (χ0v) is 11.7. The Morgan fingerprint density at radius 3 is 2.80 bits per heavy atom. The van der Waals surface area contributed by atoms with Crippen LogP contribution in [0.15, 0.2) is 29.9 Å². The summed E-state index contributed by atoms with van der Waals surface area (Å²) < 4.78 is 0. The van der Waals surface area contributed by atoms with Crippen LogP contribution < -0.4 is 10.6 Å². The molecule has 2 amide bonds. The van der Waals surface area contributed by atoms with Crippen molar-refractivity contribution < 1.29 is 14.7 Å². The molecular weight excluding hydrogens is 302 g/mol. The smallest absolute Gasteiger partial charge is 0.337 e. The SMILES string of the molecule is O=C(NCc1cncs1)Nc1ccc(C(=O)O)c(Cl)c1. The second-order valence-corrected chi connectivity index (χ2v) is 5.15. The van der Waals surface area contributed by atoms with Gasteiger partial charge in [-0.2, -0.15) is 0 Å². The second-order valence-electron chi connectivity index (χ2n) is 3.78. The third-order valence-electron chi connectivity index (χ3n) is 2.36. The molecule has 0 radical (unpaired) electrons. The van der Waals surface area contributed by atoms with Crippen molar-refractivity contribution in [3.63, 3.8) is 0 Å². The molecule has 0 saturated heterocycles. The molecule has 0 unspecified atom stereocenters. The van der Waals surface area contributed by atoms with E-state index in [0.717, 1.165) is 4.88 Å². The van der Waals surface area contributed by atoms with Gasteiger partial charge < -0.3 is 15.7 Å². The minimum atomic E-state index is -1.11. The predicted octanol–water partition coefficient (Wildman–Crippen LogP) is 2.82. The van der Waals surface area contributed by atoms with Crippen molar-refractivity contribution in [2.75, 3.05) is 5.32 Å². The van der Waals surface area contributed by atoms with Crippen LogP contribution in [0.4, 0.5) is 10.5 Å². The summed E-state index contributed by atoms with van der Waals surface area (Å²) in [6, 6.07) is 3.79. The molecule has 0 fully saturated rings. The number of amides is 2. The van der Waals surface area contributed by atoms with Crippen LogP contribution in [0.25, 0.3) is 0 Å². The van der Waals surface area contributed by atoms with Gasteiger partial charge in [-0.3, -0.25) is 4.98 Å². The standard InChI is InChI=1S/C12H10ClN3O3S/c13-10-3-7(1-2-9(10)11(17)18)16-12(19)15-5-8-4-14-6-20-8/h1-4,6H,5H2,(H,17,18)(H2,15,16,19). The third-order valence-corrected chi connectivity index (χ3v) is 3.46. The first-order valence-electron chi connectivity index (χ1n) is 5.51. The van der Waals surface area contributed by atoms with Crippen molar-refractivity contribution in [3.05, 3.63) is 45.4 Å². The number of rotatable bonds is 4. The number of hydrogen-bond acceptors (Lipinski definition) is 4. The number of carbonyl (C=O) groups is 2. The maximum Gasteiger partial charge on any atom is 0.337 e. The average Bonchev–Trinajstić information content (AvgIpc) is 2.89. The summed E-state index contributed by atoms with van der Waals surface area (Å²) in [4.78, 5) is 27.3. The Kier molecular flexibility index (Phi) is 4.54. The van der Waals surface area contributed by atoms with Gasteiger partial charge in [0.25, 0.3) is 0 Å². The number of anilines is 1. The minimum Gasteiger partial charge on any atom is -0.478 e. The Morgan fingerprint density at radius 1 is 1.40 bits per heavy atom. The van der Waals surface area contributed by atoms with Gasteiger partial charge in [0.15, 0.2) is 0 Å². The number of aromatic nitrogens is 1. The van der Waals surface area contributed by atoms with Crippen LogP contribution in [0.5, 0.6) is 0 Å². The molecule has 1 heterocycles. The molecule has 0 bridgehead atoms. The van der Waals surface area contributed by atoms with Crippen LogP contribution in [-0.2, 0) is 6.54 Å². The topological polar surface area (TPSA) is 91.3 Å². The largest absolute Gasteiger partial charge is 0.478 e. The molecule has 6 nitrogen and oxygen atoms in total. The van der Waals surface area contributed by atoms with E-state index in [2.05, 4.69) is 15.6 Å². The predicted molar refractivity (Wildman–Crippen MR) is 76.4 cm³/mol. The highest BCUT2D eigenvalue weighted by Gasteiger charge is 2.10. The first-order valence-corrected chi connectivity index (χ1v) is 6.77. The molecule has 1 aromatic heterocycles. The van der Waals surface area contributed by atoms with Gasteiger partial charge in [0, 0.05) is 16.8 Å². The zero-order chi connectivity index (χ0) is 14.5. The number of hydrogen-bond donors (Lipinski definition) is 3. The van der Waals surface area contributed by atoms with E-state index in [1.807, 2.05) is 0 Å². The lowest BCUT2D eigenvalue weighted by Crippen LogP contribution is -2.27. The summed E-state index contributed by atoms with van der Waals surface area (Å²) in [6.45, 7) is 0.372. The van der Waals surface area contributed by atoms with Crippen LogP contribution in [0, 0.1) is 0 Å². The fourth-order valence-electron chi connectivity index (χ4n) is 1.44. The monoisotopic (exact) mass is 311 g/mol. The van der Waals surface area contributed by atoms with Crippen molar-refractivity contribution in [1.29, 1.82) is 0 Å². The number of carbonyl (C=O) groups excluding carboxylic acids is 1. The first-order chi connectivity index (χ1) is 9.56. The number of carboxylic acids is 1. The Balaban J connectivity index is 1.94. The number of halogens is 1. The number of nitrogens with one attached hydrogen (secondary N) is 2. The van der Waals surface area contributed by atoms with Gasteiger partial charge in [-0.1, -0.05) is 11.6 Å². The lowest BCUT2D eigenvalue weighted by molar-refractivity contribution is 0.0697. The zero-order valence-electron chi connectivity index (χ0n) is 10.1. The highest BCUT2D eigenvalue weighted by Crippen LogP contribution is 2.20. The maximum atomic E-state index is 11.6. The fourth-order valence-corrected chi connectivity index (χ4v) is 2.23. The normalized spacial score (nSPS) is 10.1. The molecule has 20 heavy (non-hydrogen) atoms.